The van der Waals surface area contributed by atoms with Crippen molar-refractivity contribution in [1.82, 2.24) is 13.7 Å². The van der Waals surface area contributed by atoms with E-state index in [1.165, 1.54) is 97.3 Å². The van der Waals surface area contributed by atoms with Crippen LogP contribution in [0.15, 0.2) is 273 Å². The lowest BCUT2D eigenvalue weighted by molar-refractivity contribution is 1.16. The van der Waals surface area contributed by atoms with Crippen LogP contribution >= 0.6 is 0 Å². The van der Waals surface area contributed by atoms with Gasteiger partial charge in [0.1, 0.15) is 0 Å². The minimum atomic E-state index is -2.76. The van der Waals surface area contributed by atoms with E-state index in [1.807, 2.05) is 0 Å². The topological polar surface area (TPSA) is 14.8 Å². The first kappa shape index (κ1) is 40.1. The van der Waals surface area contributed by atoms with Crippen LogP contribution in [0.4, 0.5) is 0 Å². The molecular weight excluding hydrogens is 863 g/mol. The van der Waals surface area contributed by atoms with Crippen LogP contribution in [0, 0.1) is 0 Å². The van der Waals surface area contributed by atoms with Crippen molar-refractivity contribution in [1.29, 1.82) is 0 Å². The van der Waals surface area contributed by atoms with Gasteiger partial charge < -0.3 is 13.7 Å². The van der Waals surface area contributed by atoms with Gasteiger partial charge in [0.2, 0.25) is 0 Å². The Bertz CT molecular complexity index is 4180. The monoisotopic (exact) mass is 907 g/mol. The van der Waals surface area contributed by atoms with Gasteiger partial charge in [-0.25, -0.2) is 0 Å². The number of nitrogens with zero attached hydrogens (tertiary/aromatic N) is 3. The van der Waals surface area contributed by atoms with Gasteiger partial charge in [0, 0.05) is 49.4 Å². The molecule has 14 rings (SSSR count). The fourth-order valence-corrected chi connectivity index (χ4v) is 16.5. The highest BCUT2D eigenvalue weighted by atomic mass is 28.3. The molecule has 0 aliphatic rings. The third-order valence-corrected chi connectivity index (χ3v) is 19.5. The molecule has 3 heterocycles. The molecule has 70 heavy (non-hydrogen) atoms. The van der Waals surface area contributed by atoms with Crippen LogP contribution in [-0.4, -0.2) is 21.8 Å². The zero-order chi connectivity index (χ0) is 46.2. The molecule has 14 aromatic rings. The summed E-state index contributed by atoms with van der Waals surface area (Å²) in [6.45, 7) is 0. The number of hydrogen-bond donors (Lipinski definition) is 0. The number of fused-ring (bicyclic) bond motifs is 9. The Hall–Kier alpha value is -8.96. The zero-order valence-electron chi connectivity index (χ0n) is 38.3. The number of hydrogen-bond acceptors (Lipinski definition) is 0. The molecular formula is C66H45N3Si. The Morgan fingerprint density at radius 1 is 0.200 bits per heavy atom. The summed E-state index contributed by atoms with van der Waals surface area (Å²) in [6, 6.07) is 101. The quantitative estimate of drug-likeness (QED) is 0.107. The van der Waals surface area contributed by atoms with Crippen molar-refractivity contribution in [2.75, 3.05) is 0 Å². The first-order valence-electron chi connectivity index (χ1n) is 24.2. The van der Waals surface area contributed by atoms with E-state index in [0.717, 1.165) is 17.1 Å². The maximum absolute atomic E-state index is 2.76. The van der Waals surface area contributed by atoms with Gasteiger partial charge in [0.05, 0.1) is 33.1 Å². The molecule has 0 radical (unpaired) electrons. The molecule has 328 valence electrons. The molecule has 3 nitrogen and oxygen atoms in total. The summed E-state index contributed by atoms with van der Waals surface area (Å²) in [5.74, 6) is 0. The van der Waals surface area contributed by atoms with Crippen LogP contribution in [0.25, 0.3) is 93.6 Å². The van der Waals surface area contributed by atoms with Gasteiger partial charge in [-0.05, 0) is 111 Å². The first-order chi connectivity index (χ1) is 34.7. The third-order valence-electron chi connectivity index (χ3n) is 14.8. The van der Waals surface area contributed by atoms with Gasteiger partial charge in [-0.15, -0.1) is 0 Å². The molecule has 0 N–H and O–H groups in total. The SMILES string of the molecule is c1ccc(-c2ccc3c(c2)c2ccccc2n3-c2ccc3c(c2)c2ccccc2n3-c2ccc3c(c2)c2ccccc2n3-c2cccc([Si](c3ccccc3)(c3ccccc3)c3ccccc3)c2)cc1. The van der Waals surface area contributed by atoms with Crippen molar-refractivity contribution in [2.45, 2.75) is 0 Å². The van der Waals surface area contributed by atoms with Crippen LogP contribution in [0.1, 0.15) is 0 Å². The van der Waals surface area contributed by atoms with Crippen LogP contribution in [0.5, 0.6) is 0 Å². The summed E-state index contributed by atoms with van der Waals surface area (Å²) in [5.41, 5.74) is 13.0. The summed E-state index contributed by atoms with van der Waals surface area (Å²) in [6.07, 6.45) is 0. The highest BCUT2D eigenvalue weighted by Crippen LogP contribution is 2.40. The Labute approximate surface area is 407 Å². The second-order valence-electron chi connectivity index (χ2n) is 18.5. The van der Waals surface area contributed by atoms with Crippen LogP contribution in [0.2, 0.25) is 0 Å². The molecule has 0 fully saturated rings. The summed E-state index contributed by atoms with van der Waals surface area (Å²) in [4.78, 5) is 0. The first-order valence-corrected chi connectivity index (χ1v) is 26.2. The number of benzene rings is 11. The molecule has 0 bridgehead atoms. The summed E-state index contributed by atoms with van der Waals surface area (Å²) in [7, 11) is -2.76. The number of rotatable bonds is 8. The number of para-hydroxylation sites is 3. The fourth-order valence-electron chi connectivity index (χ4n) is 11.8. The van der Waals surface area contributed by atoms with E-state index in [4.69, 9.17) is 0 Å². The van der Waals surface area contributed by atoms with E-state index < -0.39 is 8.07 Å². The number of aromatic nitrogens is 3. The van der Waals surface area contributed by atoms with E-state index in [9.17, 15) is 0 Å². The molecule has 0 aliphatic heterocycles. The summed E-state index contributed by atoms with van der Waals surface area (Å²) in [5, 5.41) is 12.8. The molecule has 0 aliphatic carbocycles. The lowest BCUT2D eigenvalue weighted by atomic mass is 10.0. The van der Waals surface area contributed by atoms with E-state index in [2.05, 4.69) is 287 Å². The van der Waals surface area contributed by atoms with E-state index in [0.29, 0.717) is 0 Å². The molecule has 4 heteroatoms. The van der Waals surface area contributed by atoms with Gasteiger partial charge >= 0.3 is 0 Å². The average Bonchev–Trinajstić information content (AvgIpc) is 4.07. The Morgan fingerprint density at radius 3 is 1.00 bits per heavy atom. The average molecular weight is 908 g/mol. The lowest BCUT2D eigenvalue weighted by Gasteiger charge is -2.34. The minimum Gasteiger partial charge on any atom is -0.309 e. The van der Waals surface area contributed by atoms with Crippen LogP contribution in [0.3, 0.4) is 0 Å². The molecule has 0 atom stereocenters. The fraction of sp³-hybridized carbons (Fsp3) is 0. The molecule has 3 aromatic heterocycles. The van der Waals surface area contributed by atoms with Crippen molar-refractivity contribution in [3.8, 4) is 28.2 Å². The van der Waals surface area contributed by atoms with Crippen molar-refractivity contribution in [2.24, 2.45) is 0 Å². The van der Waals surface area contributed by atoms with Gasteiger partial charge in [0.25, 0.3) is 0 Å². The van der Waals surface area contributed by atoms with Crippen molar-refractivity contribution in [3.63, 3.8) is 0 Å². The predicted octanol–water partition coefficient (Wildman–Crippen LogP) is 14.0. The van der Waals surface area contributed by atoms with E-state index in [1.54, 1.807) is 0 Å². The van der Waals surface area contributed by atoms with E-state index in [-0.39, 0.29) is 0 Å². The third kappa shape index (κ3) is 6.07. The molecule has 0 saturated heterocycles. The zero-order valence-corrected chi connectivity index (χ0v) is 39.3. The molecule has 0 spiro atoms. The smallest absolute Gasteiger partial charge is 0.179 e. The van der Waals surface area contributed by atoms with Crippen molar-refractivity contribution >= 4 is 94.2 Å². The summed E-state index contributed by atoms with van der Waals surface area (Å²) >= 11 is 0. The Kier molecular flexibility index (Phi) is 9.23. The second-order valence-corrected chi connectivity index (χ2v) is 22.3. The predicted molar refractivity (Wildman–Crippen MR) is 299 cm³/mol. The molecule has 0 saturated carbocycles. The van der Waals surface area contributed by atoms with Crippen LogP contribution in [-0.2, 0) is 0 Å². The highest BCUT2D eigenvalue weighted by Gasteiger charge is 2.41. The molecule has 0 amide bonds. The van der Waals surface area contributed by atoms with Crippen molar-refractivity contribution < 1.29 is 0 Å². The van der Waals surface area contributed by atoms with E-state index >= 15 is 0 Å². The Morgan fingerprint density at radius 2 is 0.543 bits per heavy atom. The van der Waals surface area contributed by atoms with Gasteiger partial charge in [-0.3, -0.25) is 0 Å². The minimum absolute atomic E-state index is 1.14. The normalized spacial score (nSPS) is 12.0. The van der Waals surface area contributed by atoms with Crippen molar-refractivity contribution in [3.05, 3.63) is 273 Å². The van der Waals surface area contributed by atoms with Gasteiger partial charge in [0.15, 0.2) is 8.07 Å². The molecule has 11 aromatic carbocycles. The largest absolute Gasteiger partial charge is 0.309 e. The second kappa shape index (κ2) is 16.1. The Balaban J connectivity index is 0.940. The van der Waals surface area contributed by atoms with Gasteiger partial charge in [-0.2, -0.15) is 0 Å². The maximum atomic E-state index is 2.48. The summed E-state index contributed by atoms with van der Waals surface area (Å²) < 4.78 is 7.37. The molecule has 0 unspecified atom stereocenters. The maximum Gasteiger partial charge on any atom is 0.179 e. The van der Waals surface area contributed by atoms with Gasteiger partial charge in [-0.1, -0.05) is 194 Å². The highest BCUT2D eigenvalue weighted by molar-refractivity contribution is 7.19. The standard InChI is InChI=1S/C66H45N3Si/c1-5-20-46(21-6-1)47-36-39-64-58(42-47)55-30-13-16-33-61(55)68(64)49-38-41-66-60(44-49)57-32-15-18-35-63(57)69(66)50-37-40-65-59(45-50)56-31-14-17-34-62(56)67(65)48-22-19-29-54(43-48)70(51-23-7-2-8-24-51,52-25-9-3-10-26-52)53-27-11-4-12-28-53/h1-45H. The lowest BCUT2D eigenvalue weighted by Crippen LogP contribution is -2.74. The van der Waals surface area contributed by atoms with Crippen LogP contribution < -0.4 is 20.7 Å².